The Bertz CT molecular complexity index is 651. The first-order valence-corrected chi connectivity index (χ1v) is 6.20. The van der Waals surface area contributed by atoms with E-state index in [0.717, 1.165) is 22.4 Å². The van der Waals surface area contributed by atoms with Crippen molar-refractivity contribution in [2.24, 2.45) is 0 Å². The fourth-order valence-corrected chi connectivity index (χ4v) is 2.03. The van der Waals surface area contributed by atoms with Crippen LogP contribution in [0, 0.1) is 32.1 Å². The number of halogens is 1. The predicted molar refractivity (Wildman–Crippen MR) is 74.7 cm³/mol. The molecule has 1 aromatic heterocycles. The zero-order chi connectivity index (χ0) is 14.0. The van der Waals surface area contributed by atoms with Gasteiger partial charge in [0.1, 0.15) is 16.7 Å². The van der Waals surface area contributed by atoms with E-state index in [0.29, 0.717) is 16.5 Å². The fraction of sp³-hybridized carbons (Fsp3) is 0.200. The molecule has 3 nitrogen and oxygen atoms in total. The number of nitrogens with zero attached hydrogens (tertiary/aromatic N) is 2. The number of hydrogen-bond acceptors (Lipinski definition) is 3. The lowest BCUT2D eigenvalue weighted by atomic mass is 10.1. The maximum Gasteiger partial charge on any atom is 0.134 e. The molecule has 0 saturated heterocycles. The zero-order valence-corrected chi connectivity index (χ0v) is 11.7. The van der Waals surface area contributed by atoms with Gasteiger partial charge in [0.15, 0.2) is 0 Å². The van der Waals surface area contributed by atoms with E-state index in [1.807, 2.05) is 20.8 Å². The van der Waals surface area contributed by atoms with Gasteiger partial charge in [-0.15, -0.1) is 0 Å². The predicted octanol–water partition coefficient (Wildman–Crippen LogP) is 4.32. The van der Waals surface area contributed by atoms with Crippen molar-refractivity contribution >= 4 is 11.6 Å². The van der Waals surface area contributed by atoms with E-state index in [-0.39, 0.29) is 0 Å². The van der Waals surface area contributed by atoms with Crippen molar-refractivity contribution in [3.63, 3.8) is 0 Å². The van der Waals surface area contributed by atoms with Gasteiger partial charge in [0.25, 0.3) is 0 Å². The summed E-state index contributed by atoms with van der Waals surface area (Å²) in [6, 6.07) is 7.43. The third-order valence-corrected chi connectivity index (χ3v) is 3.03. The topological polar surface area (TPSA) is 45.9 Å². The highest BCUT2D eigenvalue weighted by molar-refractivity contribution is 6.29. The van der Waals surface area contributed by atoms with E-state index in [1.165, 1.54) is 0 Å². The second-order valence-corrected chi connectivity index (χ2v) is 4.81. The summed E-state index contributed by atoms with van der Waals surface area (Å²) in [7, 11) is 0. The molecule has 0 aliphatic rings. The maximum absolute atomic E-state index is 8.93. The molecule has 0 aliphatic heterocycles. The van der Waals surface area contributed by atoms with Crippen LogP contribution in [0.3, 0.4) is 0 Å². The van der Waals surface area contributed by atoms with Gasteiger partial charge in [-0.25, -0.2) is 4.98 Å². The van der Waals surface area contributed by atoms with Crippen LogP contribution in [-0.4, -0.2) is 4.98 Å². The van der Waals surface area contributed by atoms with Crippen molar-refractivity contribution in [2.45, 2.75) is 20.8 Å². The summed E-state index contributed by atoms with van der Waals surface area (Å²) in [6.45, 7) is 5.75. The highest BCUT2D eigenvalue weighted by atomic mass is 35.5. The highest BCUT2D eigenvalue weighted by Gasteiger charge is 2.10. The Hall–Kier alpha value is -2.05. The monoisotopic (exact) mass is 272 g/mol. The average molecular weight is 273 g/mol. The average Bonchev–Trinajstić information content (AvgIpc) is 2.37. The van der Waals surface area contributed by atoms with Gasteiger partial charge < -0.3 is 4.74 Å². The second-order valence-electron chi connectivity index (χ2n) is 4.43. The van der Waals surface area contributed by atoms with Gasteiger partial charge in [0.05, 0.1) is 11.6 Å². The molecular formula is C15H13ClN2O. The van der Waals surface area contributed by atoms with Gasteiger partial charge in [0.2, 0.25) is 0 Å². The Morgan fingerprint density at radius 1 is 1.11 bits per heavy atom. The Morgan fingerprint density at radius 2 is 1.74 bits per heavy atom. The molecule has 0 amide bonds. The van der Waals surface area contributed by atoms with Crippen molar-refractivity contribution in [3.05, 3.63) is 51.8 Å². The van der Waals surface area contributed by atoms with Crippen LogP contribution in [0.2, 0.25) is 5.15 Å². The number of rotatable bonds is 2. The number of nitriles is 1. The smallest absolute Gasteiger partial charge is 0.134 e. The number of hydrogen-bond donors (Lipinski definition) is 0. The van der Waals surface area contributed by atoms with E-state index in [9.17, 15) is 0 Å². The number of aryl methyl sites for hydroxylation is 3. The minimum Gasteiger partial charge on any atom is -0.456 e. The molecule has 0 N–H and O–H groups in total. The SMILES string of the molecule is Cc1cnc(Cl)cc1Oc1c(C)cc(C#N)cc1C. The molecule has 0 unspecified atom stereocenters. The minimum absolute atomic E-state index is 0.393. The summed E-state index contributed by atoms with van der Waals surface area (Å²) in [5.74, 6) is 1.43. The van der Waals surface area contributed by atoms with Crippen LogP contribution in [-0.2, 0) is 0 Å². The Labute approximate surface area is 117 Å². The molecule has 2 aromatic rings. The van der Waals surface area contributed by atoms with Crippen molar-refractivity contribution in [1.82, 2.24) is 4.98 Å². The number of aromatic nitrogens is 1. The normalized spacial score (nSPS) is 10.1. The Morgan fingerprint density at radius 3 is 2.32 bits per heavy atom. The lowest BCUT2D eigenvalue weighted by molar-refractivity contribution is 0.470. The van der Waals surface area contributed by atoms with E-state index in [1.54, 1.807) is 24.4 Å². The maximum atomic E-state index is 8.93. The molecular weight excluding hydrogens is 260 g/mol. The summed E-state index contributed by atoms with van der Waals surface area (Å²) in [4.78, 5) is 4.00. The third-order valence-electron chi connectivity index (χ3n) is 2.82. The second kappa shape index (κ2) is 5.29. The number of ether oxygens (including phenoxy) is 1. The molecule has 0 saturated carbocycles. The van der Waals surface area contributed by atoms with E-state index >= 15 is 0 Å². The van der Waals surface area contributed by atoms with Crippen LogP contribution in [0.1, 0.15) is 22.3 Å². The summed E-state index contributed by atoms with van der Waals surface area (Å²) in [6.07, 6.45) is 1.67. The highest BCUT2D eigenvalue weighted by Crippen LogP contribution is 2.32. The van der Waals surface area contributed by atoms with Crippen LogP contribution in [0.25, 0.3) is 0 Å². The first-order chi connectivity index (χ1) is 9.01. The largest absolute Gasteiger partial charge is 0.456 e. The van der Waals surface area contributed by atoms with Gasteiger partial charge in [0, 0.05) is 17.8 Å². The Balaban J connectivity index is 2.44. The van der Waals surface area contributed by atoms with Crippen molar-refractivity contribution in [3.8, 4) is 17.6 Å². The molecule has 4 heteroatoms. The van der Waals surface area contributed by atoms with Gasteiger partial charge in [-0.3, -0.25) is 0 Å². The Kier molecular flexibility index (Phi) is 3.73. The van der Waals surface area contributed by atoms with Gasteiger partial charge >= 0.3 is 0 Å². The van der Waals surface area contributed by atoms with Crippen molar-refractivity contribution in [2.75, 3.05) is 0 Å². The molecule has 1 heterocycles. The zero-order valence-electron chi connectivity index (χ0n) is 11.0. The minimum atomic E-state index is 0.393. The fourth-order valence-electron chi connectivity index (χ4n) is 1.88. The lowest BCUT2D eigenvalue weighted by Gasteiger charge is -2.13. The molecule has 0 radical (unpaired) electrons. The molecule has 0 bridgehead atoms. The molecule has 1 aromatic carbocycles. The molecule has 19 heavy (non-hydrogen) atoms. The van der Waals surface area contributed by atoms with E-state index in [4.69, 9.17) is 21.6 Å². The first-order valence-electron chi connectivity index (χ1n) is 5.82. The van der Waals surface area contributed by atoms with Crippen LogP contribution in [0.4, 0.5) is 0 Å². The molecule has 0 fully saturated rings. The molecule has 96 valence electrons. The van der Waals surface area contributed by atoms with Crippen LogP contribution >= 0.6 is 11.6 Å². The van der Waals surface area contributed by atoms with Crippen LogP contribution in [0.15, 0.2) is 24.4 Å². The molecule has 0 atom stereocenters. The lowest BCUT2D eigenvalue weighted by Crippen LogP contribution is -1.95. The van der Waals surface area contributed by atoms with Gasteiger partial charge in [-0.1, -0.05) is 11.6 Å². The van der Waals surface area contributed by atoms with E-state index < -0.39 is 0 Å². The summed E-state index contributed by atoms with van der Waals surface area (Å²) < 4.78 is 5.92. The first kappa shape index (κ1) is 13.4. The van der Waals surface area contributed by atoms with E-state index in [2.05, 4.69) is 11.1 Å². The summed E-state index contributed by atoms with van der Waals surface area (Å²) in [5.41, 5.74) is 3.38. The van der Waals surface area contributed by atoms with Gasteiger partial charge in [-0.05, 0) is 44.0 Å². The number of benzene rings is 1. The molecule has 0 aliphatic carbocycles. The van der Waals surface area contributed by atoms with Crippen molar-refractivity contribution in [1.29, 1.82) is 5.26 Å². The van der Waals surface area contributed by atoms with Gasteiger partial charge in [-0.2, -0.15) is 5.26 Å². The van der Waals surface area contributed by atoms with Crippen LogP contribution in [0.5, 0.6) is 11.5 Å². The van der Waals surface area contributed by atoms with Crippen LogP contribution < -0.4 is 4.74 Å². The summed E-state index contributed by atoms with van der Waals surface area (Å²) >= 11 is 5.88. The van der Waals surface area contributed by atoms with Crippen molar-refractivity contribution < 1.29 is 4.74 Å². The third kappa shape index (κ3) is 2.86. The molecule has 2 rings (SSSR count). The summed E-state index contributed by atoms with van der Waals surface area (Å²) in [5, 5.41) is 9.32. The molecule has 0 spiro atoms. The standard InChI is InChI=1S/C15H13ClN2O/c1-9-4-12(7-17)5-10(2)15(9)19-13-6-14(16)18-8-11(13)3/h4-6,8H,1-3H3. The number of pyridine rings is 1. The quantitative estimate of drug-likeness (QED) is 0.765.